The maximum absolute atomic E-state index is 11.8. The van der Waals surface area contributed by atoms with Gasteiger partial charge >= 0.3 is 0 Å². The number of nitrogens with zero attached hydrogens (tertiary/aromatic N) is 1. The van der Waals surface area contributed by atoms with Crippen molar-refractivity contribution in [2.75, 3.05) is 18.5 Å². The lowest BCUT2D eigenvalue weighted by Gasteiger charge is -2.18. The molecule has 2 rings (SSSR count). The van der Waals surface area contributed by atoms with E-state index in [1.54, 1.807) is 0 Å². The highest BCUT2D eigenvalue weighted by Crippen LogP contribution is 2.20. The van der Waals surface area contributed by atoms with E-state index in [2.05, 4.69) is 22.8 Å². The highest BCUT2D eigenvalue weighted by Gasteiger charge is 2.14. The van der Waals surface area contributed by atoms with Gasteiger partial charge in [-0.25, -0.2) is 5.43 Å². The molecule has 1 aromatic rings. The van der Waals surface area contributed by atoms with Gasteiger partial charge in [-0.1, -0.05) is 6.92 Å². The van der Waals surface area contributed by atoms with E-state index in [4.69, 9.17) is 4.74 Å². The Hall–Kier alpha value is -2.04. The van der Waals surface area contributed by atoms with E-state index in [-0.39, 0.29) is 12.5 Å². The zero-order chi connectivity index (χ0) is 15.8. The molecule has 2 N–H and O–H groups in total. The molecule has 1 aliphatic rings. The zero-order valence-electron chi connectivity index (χ0n) is 13.4. The lowest BCUT2D eigenvalue weighted by atomic mass is 9.89. The minimum absolute atomic E-state index is 0.125. The standard InChI is InChI=1S/C17H25N3O2/c1-3-22-16-9-7-14(8-10-16)18-12-17(21)20-19-15-6-4-5-13(2)11-15/h7-10,13,18H,3-6,11-12H2,1-2H3,(H,20,21). The Kier molecular flexibility index (Phi) is 6.25. The summed E-state index contributed by atoms with van der Waals surface area (Å²) in [5, 5.41) is 7.31. The first kappa shape index (κ1) is 16.3. The Morgan fingerprint density at radius 1 is 1.36 bits per heavy atom. The van der Waals surface area contributed by atoms with E-state index >= 15 is 0 Å². The van der Waals surface area contributed by atoms with Gasteiger partial charge in [0.2, 0.25) is 0 Å². The molecule has 0 spiro atoms. The van der Waals surface area contributed by atoms with Crippen molar-refractivity contribution in [2.24, 2.45) is 11.0 Å². The van der Waals surface area contributed by atoms with Gasteiger partial charge in [0.15, 0.2) is 0 Å². The summed E-state index contributed by atoms with van der Waals surface area (Å²) in [6.45, 7) is 5.03. The summed E-state index contributed by atoms with van der Waals surface area (Å²) in [7, 11) is 0. The molecule has 5 nitrogen and oxygen atoms in total. The molecular formula is C17H25N3O2. The Morgan fingerprint density at radius 2 is 2.14 bits per heavy atom. The monoisotopic (exact) mass is 303 g/mol. The second kappa shape index (κ2) is 8.41. The minimum Gasteiger partial charge on any atom is -0.494 e. The summed E-state index contributed by atoms with van der Waals surface area (Å²) < 4.78 is 5.38. The van der Waals surface area contributed by atoms with Crippen molar-refractivity contribution in [1.29, 1.82) is 0 Å². The summed E-state index contributed by atoms with van der Waals surface area (Å²) in [4.78, 5) is 11.8. The fourth-order valence-corrected chi connectivity index (χ4v) is 2.56. The maximum Gasteiger partial charge on any atom is 0.259 e. The fourth-order valence-electron chi connectivity index (χ4n) is 2.56. The van der Waals surface area contributed by atoms with Crippen LogP contribution in [0.2, 0.25) is 0 Å². The Bertz CT molecular complexity index is 511. The molecule has 1 aromatic carbocycles. The number of rotatable bonds is 6. The molecule has 1 saturated carbocycles. The summed E-state index contributed by atoms with van der Waals surface area (Å²) in [5.74, 6) is 1.38. The fraction of sp³-hybridized carbons (Fsp3) is 0.529. The van der Waals surface area contributed by atoms with Gasteiger partial charge in [0.25, 0.3) is 5.91 Å². The highest BCUT2D eigenvalue weighted by atomic mass is 16.5. The maximum atomic E-state index is 11.8. The summed E-state index contributed by atoms with van der Waals surface area (Å²) in [5.41, 5.74) is 4.63. The molecule has 0 aromatic heterocycles. The van der Waals surface area contributed by atoms with Gasteiger partial charge in [-0.15, -0.1) is 0 Å². The van der Waals surface area contributed by atoms with Gasteiger partial charge < -0.3 is 10.1 Å². The average Bonchev–Trinajstić information content (AvgIpc) is 2.53. The average molecular weight is 303 g/mol. The largest absolute Gasteiger partial charge is 0.494 e. The zero-order valence-corrected chi connectivity index (χ0v) is 13.4. The van der Waals surface area contributed by atoms with Gasteiger partial charge in [0, 0.05) is 11.4 Å². The van der Waals surface area contributed by atoms with Crippen molar-refractivity contribution in [2.45, 2.75) is 39.5 Å². The molecule has 120 valence electrons. The number of ether oxygens (including phenoxy) is 1. The number of benzene rings is 1. The SMILES string of the molecule is CCOc1ccc(NCC(=O)NN=C2CCCC(C)C2)cc1. The normalized spacial score (nSPS) is 19.7. The molecule has 22 heavy (non-hydrogen) atoms. The lowest BCUT2D eigenvalue weighted by molar-refractivity contribution is -0.119. The van der Waals surface area contributed by atoms with Crippen molar-refractivity contribution in [3.63, 3.8) is 0 Å². The number of nitrogens with one attached hydrogen (secondary N) is 2. The van der Waals surface area contributed by atoms with Crippen LogP contribution in [0.3, 0.4) is 0 Å². The van der Waals surface area contributed by atoms with E-state index in [9.17, 15) is 4.79 Å². The Labute approximate surface area is 132 Å². The van der Waals surface area contributed by atoms with Crippen molar-refractivity contribution >= 4 is 17.3 Å². The number of carbonyl (C=O) groups is 1. The molecule has 0 heterocycles. The van der Waals surface area contributed by atoms with Crippen molar-refractivity contribution in [1.82, 2.24) is 5.43 Å². The van der Waals surface area contributed by atoms with E-state index in [0.29, 0.717) is 12.5 Å². The van der Waals surface area contributed by atoms with Crippen LogP contribution in [0.1, 0.15) is 39.5 Å². The number of hydrogen-bond acceptors (Lipinski definition) is 4. The van der Waals surface area contributed by atoms with Crippen LogP contribution in [0.25, 0.3) is 0 Å². The molecule has 1 fully saturated rings. The number of carbonyl (C=O) groups excluding carboxylic acids is 1. The molecule has 5 heteroatoms. The van der Waals surface area contributed by atoms with Gasteiger partial charge in [0.1, 0.15) is 5.75 Å². The molecule has 0 aliphatic heterocycles. The molecular weight excluding hydrogens is 278 g/mol. The second-order valence-corrected chi connectivity index (χ2v) is 5.73. The third kappa shape index (κ3) is 5.39. The van der Waals surface area contributed by atoms with Gasteiger partial charge in [0.05, 0.1) is 13.2 Å². The van der Waals surface area contributed by atoms with Crippen molar-refractivity contribution in [3.8, 4) is 5.75 Å². The first-order valence-electron chi connectivity index (χ1n) is 7.98. The van der Waals surface area contributed by atoms with Gasteiger partial charge in [-0.2, -0.15) is 5.10 Å². The third-order valence-electron chi connectivity index (χ3n) is 3.70. The lowest BCUT2D eigenvalue weighted by Crippen LogP contribution is -2.27. The summed E-state index contributed by atoms with van der Waals surface area (Å²) >= 11 is 0. The smallest absolute Gasteiger partial charge is 0.259 e. The van der Waals surface area contributed by atoms with Crippen LogP contribution in [0.4, 0.5) is 5.69 Å². The Balaban J connectivity index is 1.74. The quantitative estimate of drug-likeness (QED) is 0.793. The molecule has 1 aliphatic carbocycles. The predicted octanol–water partition coefficient (Wildman–Crippen LogP) is 3.18. The first-order valence-corrected chi connectivity index (χ1v) is 7.98. The predicted molar refractivity (Wildman–Crippen MR) is 89.3 cm³/mol. The number of hydrogen-bond donors (Lipinski definition) is 2. The number of amides is 1. The van der Waals surface area contributed by atoms with E-state index in [0.717, 1.165) is 30.0 Å². The third-order valence-corrected chi connectivity index (χ3v) is 3.70. The Morgan fingerprint density at radius 3 is 2.82 bits per heavy atom. The summed E-state index contributed by atoms with van der Waals surface area (Å²) in [6, 6.07) is 7.56. The number of anilines is 1. The molecule has 1 amide bonds. The van der Waals surface area contributed by atoms with Crippen LogP contribution in [0, 0.1) is 5.92 Å². The first-order chi connectivity index (χ1) is 10.7. The molecule has 0 saturated heterocycles. The van der Waals surface area contributed by atoms with Gasteiger partial charge in [-0.05, 0) is 62.8 Å². The van der Waals surface area contributed by atoms with Crippen LogP contribution in [-0.2, 0) is 4.79 Å². The van der Waals surface area contributed by atoms with Crippen molar-refractivity contribution < 1.29 is 9.53 Å². The van der Waals surface area contributed by atoms with Crippen LogP contribution < -0.4 is 15.5 Å². The van der Waals surface area contributed by atoms with E-state index < -0.39 is 0 Å². The molecule has 0 radical (unpaired) electrons. The topological polar surface area (TPSA) is 62.7 Å². The van der Waals surface area contributed by atoms with Crippen LogP contribution >= 0.6 is 0 Å². The minimum atomic E-state index is -0.125. The van der Waals surface area contributed by atoms with Crippen LogP contribution in [0.5, 0.6) is 5.75 Å². The van der Waals surface area contributed by atoms with E-state index in [1.165, 1.54) is 12.8 Å². The summed E-state index contributed by atoms with van der Waals surface area (Å²) in [6.07, 6.45) is 4.41. The molecule has 1 atom stereocenters. The second-order valence-electron chi connectivity index (χ2n) is 5.73. The highest BCUT2D eigenvalue weighted by molar-refractivity contribution is 5.87. The number of hydrazone groups is 1. The van der Waals surface area contributed by atoms with E-state index in [1.807, 2.05) is 31.2 Å². The van der Waals surface area contributed by atoms with Gasteiger partial charge in [-0.3, -0.25) is 4.79 Å². The molecule has 1 unspecified atom stereocenters. The van der Waals surface area contributed by atoms with Crippen LogP contribution in [0.15, 0.2) is 29.4 Å². The van der Waals surface area contributed by atoms with Crippen molar-refractivity contribution in [3.05, 3.63) is 24.3 Å². The molecule has 0 bridgehead atoms. The van der Waals surface area contributed by atoms with Crippen LogP contribution in [-0.4, -0.2) is 24.8 Å².